The molecule has 1 aliphatic heterocycles. The van der Waals surface area contributed by atoms with Gasteiger partial charge in [0.2, 0.25) is 0 Å². The van der Waals surface area contributed by atoms with Crippen LogP contribution < -0.4 is 4.74 Å². The fraction of sp³-hybridized carbons (Fsp3) is 0.611. The van der Waals surface area contributed by atoms with Gasteiger partial charge in [-0.1, -0.05) is 26.0 Å². The topological polar surface area (TPSA) is 36.3 Å². The third-order valence-corrected chi connectivity index (χ3v) is 5.05. The molecule has 0 N–H and O–H groups in total. The summed E-state index contributed by atoms with van der Waals surface area (Å²) in [5.74, 6) is 1.50. The van der Waals surface area contributed by atoms with Crippen LogP contribution >= 0.6 is 0 Å². The SMILES string of the molecule is COc1cccc(CN2CCC(CC#N)(C(C)C)CC2)c1. The summed E-state index contributed by atoms with van der Waals surface area (Å²) in [6, 6.07) is 10.7. The largest absolute Gasteiger partial charge is 0.497 e. The van der Waals surface area contributed by atoms with E-state index < -0.39 is 0 Å². The van der Waals surface area contributed by atoms with Crippen molar-refractivity contribution in [2.75, 3.05) is 20.2 Å². The zero-order valence-corrected chi connectivity index (χ0v) is 13.4. The molecule has 0 unspecified atom stereocenters. The minimum absolute atomic E-state index is 0.222. The smallest absolute Gasteiger partial charge is 0.119 e. The second-order valence-corrected chi connectivity index (χ2v) is 6.48. The Kier molecular flexibility index (Phi) is 5.25. The van der Waals surface area contributed by atoms with Crippen molar-refractivity contribution >= 4 is 0 Å². The van der Waals surface area contributed by atoms with E-state index in [9.17, 15) is 0 Å². The zero-order valence-electron chi connectivity index (χ0n) is 13.4. The lowest BCUT2D eigenvalue weighted by atomic mass is 9.68. The number of rotatable bonds is 5. The average molecular weight is 286 g/mol. The van der Waals surface area contributed by atoms with Gasteiger partial charge in [0.25, 0.3) is 0 Å². The highest BCUT2D eigenvalue weighted by Gasteiger charge is 2.37. The molecule has 0 radical (unpaired) electrons. The quantitative estimate of drug-likeness (QED) is 0.825. The highest BCUT2D eigenvalue weighted by atomic mass is 16.5. The lowest BCUT2D eigenvalue weighted by Gasteiger charge is -2.43. The Balaban J connectivity index is 1.96. The Labute approximate surface area is 128 Å². The first-order valence-electron chi connectivity index (χ1n) is 7.82. The van der Waals surface area contributed by atoms with Gasteiger partial charge in [-0.15, -0.1) is 0 Å². The second-order valence-electron chi connectivity index (χ2n) is 6.48. The Morgan fingerprint density at radius 1 is 1.33 bits per heavy atom. The maximum Gasteiger partial charge on any atom is 0.119 e. The zero-order chi connectivity index (χ0) is 15.3. The first-order chi connectivity index (χ1) is 10.1. The fourth-order valence-electron chi connectivity index (χ4n) is 3.30. The highest BCUT2D eigenvalue weighted by Crippen LogP contribution is 2.41. The first-order valence-corrected chi connectivity index (χ1v) is 7.82. The molecule has 3 nitrogen and oxygen atoms in total. The Hall–Kier alpha value is -1.53. The van der Waals surface area contributed by atoms with Crippen LogP contribution in [0.1, 0.15) is 38.7 Å². The van der Waals surface area contributed by atoms with Crippen molar-refractivity contribution in [3.63, 3.8) is 0 Å². The molecule has 3 heteroatoms. The third-order valence-electron chi connectivity index (χ3n) is 5.05. The van der Waals surface area contributed by atoms with Crippen LogP contribution in [-0.2, 0) is 6.54 Å². The molecule has 1 aromatic carbocycles. The molecule has 114 valence electrons. The number of hydrogen-bond donors (Lipinski definition) is 0. The molecule has 0 spiro atoms. The van der Waals surface area contributed by atoms with Crippen molar-refractivity contribution in [3.8, 4) is 11.8 Å². The normalized spacial score (nSPS) is 18.4. The highest BCUT2D eigenvalue weighted by molar-refractivity contribution is 5.28. The van der Waals surface area contributed by atoms with E-state index in [1.165, 1.54) is 5.56 Å². The molecule has 0 atom stereocenters. The average Bonchev–Trinajstić information content (AvgIpc) is 2.49. The number of methoxy groups -OCH3 is 1. The molecular weight excluding hydrogens is 260 g/mol. The van der Waals surface area contributed by atoms with Gasteiger partial charge in [0.1, 0.15) is 5.75 Å². The number of likely N-dealkylation sites (tertiary alicyclic amines) is 1. The molecule has 1 fully saturated rings. The van der Waals surface area contributed by atoms with Crippen LogP contribution in [-0.4, -0.2) is 25.1 Å². The Morgan fingerprint density at radius 2 is 2.05 bits per heavy atom. The van der Waals surface area contributed by atoms with Gasteiger partial charge in [0.05, 0.1) is 13.2 Å². The minimum atomic E-state index is 0.222. The van der Waals surface area contributed by atoms with Crippen LogP contribution in [0.2, 0.25) is 0 Å². The molecular formula is C18H26N2O. The van der Waals surface area contributed by atoms with Crippen LogP contribution in [0.4, 0.5) is 0 Å². The van der Waals surface area contributed by atoms with Crippen molar-refractivity contribution in [2.45, 2.75) is 39.7 Å². The molecule has 1 aromatic rings. The summed E-state index contributed by atoms with van der Waals surface area (Å²) in [7, 11) is 1.71. The van der Waals surface area contributed by atoms with E-state index >= 15 is 0 Å². The molecule has 2 rings (SSSR count). The van der Waals surface area contributed by atoms with Crippen molar-refractivity contribution in [2.24, 2.45) is 11.3 Å². The van der Waals surface area contributed by atoms with E-state index in [2.05, 4.69) is 36.9 Å². The number of nitrogens with zero attached hydrogens (tertiary/aromatic N) is 2. The van der Waals surface area contributed by atoms with Gasteiger partial charge in [-0.25, -0.2) is 0 Å². The number of benzene rings is 1. The van der Waals surface area contributed by atoms with Crippen LogP contribution in [0, 0.1) is 22.7 Å². The molecule has 0 aromatic heterocycles. The van der Waals surface area contributed by atoms with E-state index in [0.717, 1.165) is 38.2 Å². The fourth-order valence-corrected chi connectivity index (χ4v) is 3.30. The van der Waals surface area contributed by atoms with Crippen LogP contribution in [0.15, 0.2) is 24.3 Å². The Bertz CT molecular complexity index is 496. The number of piperidine rings is 1. The Morgan fingerprint density at radius 3 is 2.62 bits per heavy atom. The molecule has 1 aliphatic rings. The summed E-state index contributed by atoms with van der Waals surface area (Å²) in [5, 5.41) is 9.11. The van der Waals surface area contributed by atoms with Crippen LogP contribution in [0.5, 0.6) is 5.75 Å². The summed E-state index contributed by atoms with van der Waals surface area (Å²) in [6.07, 6.45) is 2.95. The van der Waals surface area contributed by atoms with Gasteiger partial charge in [0.15, 0.2) is 0 Å². The molecule has 1 saturated heterocycles. The standard InChI is InChI=1S/C18H26N2O/c1-15(2)18(7-10-19)8-11-20(12-9-18)14-16-5-4-6-17(13-16)21-3/h4-6,13,15H,7-9,11-12,14H2,1-3H3. The molecule has 0 amide bonds. The van der Waals surface area contributed by atoms with Gasteiger partial charge < -0.3 is 4.74 Å². The maximum absolute atomic E-state index is 9.11. The lowest BCUT2D eigenvalue weighted by Crippen LogP contribution is -2.42. The predicted octanol–water partition coefficient (Wildman–Crippen LogP) is 3.85. The van der Waals surface area contributed by atoms with Gasteiger partial charge in [-0.05, 0) is 55.0 Å². The monoisotopic (exact) mass is 286 g/mol. The van der Waals surface area contributed by atoms with Crippen LogP contribution in [0.25, 0.3) is 0 Å². The summed E-state index contributed by atoms with van der Waals surface area (Å²) in [6.45, 7) is 7.65. The van der Waals surface area contributed by atoms with E-state index in [-0.39, 0.29) is 5.41 Å². The van der Waals surface area contributed by atoms with Gasteiger partial charge in [-0.3, -0.25) is 4.90 Å². The first kappa shape index (κ1) is 15.9. The van der Waals surface area contributed by atoms with Gasteiger partial charge >= 0.3 is 0 Å². The second kappa shape index (κ2) is 6.95. The summed E-state index contributed by atoms with van der Waals surface area (Å²) >= 11 is 0. The lowest BCUT2D eigenvalue weighted by molar-refractivity contribution is 0.0616. The van der Waals surface area contributed by atoms with E-state index in [1.54, 1.807) is 7.11 Å². The number of nitriles is 1. The summed E-state index contributed by atoms with van der Waals surface area (Å²) < 4.78 is 5.29. The molecule has 0 saturated carbocycles. The molecule has 0 aliphatic carbocycles. The third kappa shape index (κ3) is 3.77. The molecule has 0 bridgehead atoms. The van der Waals surface area contributed by atoms with Gasteiger partial charge in [-0.2, -0.15) is 5.26 Å². The molecule has 21 heavy (non-hydrogen) atoms. The minimum Gasteiger partial charge on any atom is -0.497 e. The number of ether oxygens (including phenoxy) is 1. The van der Waals surface area contributed by atoms with Crippen molar-refractivity contribution < 1.29 is 4.74 Å². The summed E-state index contributed by atoms with van der Waals surface area (Å²) in [5.41, 5.74) is 1.52. The van der Waals surface area contributed by atoms with E-state index in [1.807, 2.05) is 12.1 Å². The van der Waals surface area contributed by atoms with Crippen LogP contribution in [0.3, 0.4) is 0 Å². The molecule has 1 heterocycles. The maximum atomic E-state index is 9.11. The summed E-state index contributed by atoms with van der Waals surface area (Å²) in [4.78, 5) is 2.49. The van der Waals surface area contributed by atoms with Crippen molar-refractivity contribution in [1.82, 2.24) is 4.90 Å². The number of hydrogen-bond acceptors (Lipinski definition) is 3. The van der Waals surface area contributed by atoms with E-state index in [4.69, 9.17) is 10.00 Å². The van der Waals surface area contributed by atoms with E-state index in [0.29, 0.717) is 12.3 Å². The van der Waals surface area contributed by atoms with Crippen molar-refractivity contribution in [3.05, 3.63) is 29.8 Å². The predicted molar refractivity (Wildman–Crippen MR) is 85.0 cm³/mol. The van der Waals surface area contributed by atoms with Crippen molar-refractivity contribution in [1.29, 1.82) is 5.26 Å². The van der Waals surface area contributed by atoms with Gasteiger partial charge in [0, 0.05) is 13.0 Å².